The van der Waals surface area contributed by atoms with Crippen LogP contribution >= 0.6 is 0 Å². The normalized spacial score (nSPS) is 33.2. The molecule has 4 atom stereocenters. The summed E-state index contributed by atoms with van der Waals surface area (Å²) in [6, 6.07) is 11.1. The Kier molecular flexibility index (Phi) is 3.51. The van der Waals surface area contributed by atoms with Crippen LogP contribution in [0, 0.1) is 17.8 Å². The number of benzene rings is 1. The van der Waals surface area contributed by atoms with Crippen LogP contribution in [0.1, 0.15) is 31.2 Å². The van der Waals surface area contributed by atoms with E-state index in [1.165, 1.54) is 24.9 Å². The fourth-order valence-corrected chi connectivity index (χ4v) is 3.82. The first kappa shape index (κ1) is 12.0. The third-order valence-corrected chi connectivity index (χ3v) is 4.61. The molecule has 0 spiro atoms. The predicted octanol–water partition coefficient (Wildman–Crippen LogP) is 3.59. The molecule has 0 heterocycles. The maximum Gasteiger partial charge on any atom is -0.000881 e. The van der Waals surface area contributed by atoms with Gasteiger partial charge in [0.05, 0.1) is 0 Å². The molecule has 1 nitrogen and oxygen atoms in total. The average Bonchev–Trinajstić information content (AvgIpc) is 3.01. The van der Waals surface area contributed by atoms with Crippen LogP contribution < -0.4 is 5.32 Å². The van der Waals surface area contributed by atoms with E-state index in [9.17, 15) is 0 Å². The van der Waals surface area contributed by atoms with Crippen LogP contribution in [0.2, 0.25) is 0 Å². The van der Waals surface area contributed by atoms with Crippen molar-refractivity contribution in [2.45, 2.75) is 25.7 Å². The number of fused-ring (bicyclic) bond motifs is 2. The van der Waals surface area contributed by atoms with Gasteiger partial charge in [0.1, 0.15) is 0 Å². The summed E-state index contributed by atoms with van der Waals surface area (Å²) in [4.78, 5) is 0. The van der Waals surface area contributed by atoms with Gasteiger partial charge in [-0.2, -0.15) is 0 Å². The maximum absolute atomic E-state index is 3.63. The van der Waals surface area contributed by atoms with Crippen LogP contribution in [-0.2, 0) is 0 Å². The molecule has 2 bridgehead atoms. The van der Waals surface area contributed by atoms with Crippen molar-refractivity contribution in [1.29, 1.82) is 0 Å². The minimum atomic E-state index is 0.741. The van der Waals surface area contributed by atoms with Crippen molar-refractivity contribution in [2.75, 3.05) is 13.1 Å². The minimum Gasteiger partial charge on any atom is -0.316 e. The number of nitrogens with one attached hydrogen (secondary N) is 1. The van der Waals surface area contributed by atoms with Crippen molar-refractivity contribution in [2.24, 2.45) is 17.8 Å². The van der Waals surface area contributed by atoms with Crippen LogP contribution in [0.25, 0.3) is 0 Å². The van der Waals surface area contributed by atoms with Crippen LogP contribution in [0.5, 0.6) is 0 Å². The highest BCUT2D eigenvalue weighted by Gasteiger charge is 2.44. The summed E-state index contributed by atoms with van der Waals surface area (Å²) in [5, 5.41) is 3.63. The van der Waals surface area contributed by atoms with Crippen molar-refractivity contribution in [3.05, 3.63) is 48.0 Å². The molecule has 1 saturated carbocycles. The molecule has 2 aliphatic carbocycles. The Morgan fingerprint density at radius 1 is 1.11 bits per heavy atom. The Hall–Kier alpha value is -1.08. The van der Waals surface area contributed by atoms with Crippen LogP contribution in [-0.4, -0.2) is 13.1 Å². The molecule has 1 aromatic rings. The summed E-state index contributed by atoms with van der Waals surface area (Å²) >= 11 is 0. The highest BCUT2D eigenvalue weighted by Crippen LogP contribution is 2.52. The summed E-state index contributed by atoms with van der Waals surface area (Å²) in [5.74, 6) is 3.13. The Bertz CT molecular complexity index is 409. The fourth-order valence-electron chi connectivity index (χ4n) is 3.82. The molecule has 0 aliphatic heterocycles. The zero-order valence-corrected chi connectivity index (χ0v) is 11.2. The molecule has 1 heteroatoms. The molecule has 1 aromatic carbocycles. The molecular formula is C17H23N. The van der Waals surface area contributed by atoms with Gasteiger partial charge in [-0.1, -0.05) is 49.4 Å². The van der Waals surface area contributed by atoms with E-state index in [0.29, 0.717) is 0 Å². The summed E-state index contributed by atoms with van der Waals surface area (Å²) in [5.41, 5.74) is 1.54. The molecule has 1 fully saturated rings. The predicted molar refractivity (Wildman–Crippen MR) is 76.6 cm³/mol. The lowest BCUT2D eigenvalue weighted by Gasteiger charge is -2.28. The van der Waals surface area contributed by atoms with Crippen LogP contribution in [0.3, 0.4) is 0 Å². The SMILES string of the molecule is CCCNCC1C2C=CC(C2)C1c1ccccc1. The van der Waals surface area contributed by atoms with Gasteiger partial charge in [-0.3, -0.25) is 0 Å². The minimum absolute atomic E-state index is 0.741. The molecule has 4 unspecified atom stereocenters. The molecule has 1 N–H and O–H groups in total. The molecule has 2 aliphatic rings. The molecule has 0 radical (unpaired) electrons. The first-order chi connectivity index (χ1) is 8.90. The second kappa shape index (κ2) is 5.27. The van der Waals surface area contributed by atoms with E-state index in [2.05, 4.69) is 54.7 Å². The highest BCUT2D eigenvalue weighted by molar-refractivity contribution is 5.29. The topological polar surface area (TPSA) is 12.0 Å². The molecular weight excluding hydrogens is 218 g/mol. The van der Waals surface area contributed by atoms with Gasteiger partial charge < -0.3 is 5.32 Å². The summed E-state index contributed by atoms with van der Waals surface area (Å²) in [7, 11) is 0. The maximum atomic E-state index is 3.63. The van der Waals surface area contributed by atoms with Crippen molar-refractivity contribution in [3.8, 4) is 0 Å². The van der Waals surface area contributed by atoms with E-state index >= 15 is 0 Å². The molecule has 0 saturated heterocycles. The van der Waals surface area contributed by atoms with Gasteiger partial charge in [-0.25, -0.2) is 0 Å². The lowest BCUT2D eigenvalue weighted by molar-refractivity contribution is 0.371. The van der Waals surface area contributed by atoms with Crippen LogP contribution in [0.4, 0.5) is 0 Å². The third-order valence-electron chi connectivity index (χ3n) is 4.61. The highest BCUT2D eigenvalue weighted by atomic mass is 14.9. The van der Waals surface area contributed by atoms with E-state index < -0.39 is 0 Å². The van der Waals surface area contributed by atoms with Gasteiger partial charge >= 0.3 is 0 Å². The van der Waals surface area contributed by atoms with Crippen LogP contribution in [0.15, 0.2) is 42.5 Å². The fraction of sp³-hybridized carbons (Fsp3) is 0.529. The standard InChI is InChI=1S/C17H23N/c1-2-10-18-12-16-14-8-9-15(11-14)17(16)13-6-4-3-5-7-13/h3-9,14-18H,2,10-12H2,1H3. The number of hydrogen-bond acceptors (Lipinski definition) is 1. The molecule has 3 rings (SSSR count). The largest absolute Gasteiger partial charge is 0.316 e. The van der Waals surface area contributed by atoms with Gasteiger partial charge in [0.25, 0.3) is 0 Å². The molecule has 0 aromatic heterocycles. The lowest BCUT2D eigenvalue weighted by Crippen LogP contribution is -2.30. The monoisotopic (exact) mass is 241 g/mol. The molecule has 18 heavy (non-hydrogen) atoms. The van der Waals surface area contributed by atoms with E-state index in [4.69, 9.17) is 0 Å². The van der Waals surface area contributed by atoms with Gasteiger partial charge in [0.15, 0.2) is 0 Å². The van der Waals surface area contributed by atoms with Gasteiger partial charge in [0, 0.05) is 0 Å². The molecule has 96 valence electrons. The van der Waals surface area contributed by atoms with E-state index in [-0.39, 0.29) is 0 Å². The Morgan fingerprint density at radius 2 is 1.89 bits per heavy atom. The quantitative estimate of drug-likeness (QED) is 0.613. The van der Waals surface area contributed by atoms with Crippen molar-refractivity contribution < 1.29 is 0 Å². The second-order valence-corrected chi connectivity index (χ2v) is 5.75. The summed E-state index contributed by atoms with van der Waals surface area (Å²) in [6.07, 6.45) is 7.52. The smallest absolute Gasteiger partial charge is 0.000881 e. The second-order valence-electron chi connectivity index (χ2n) is 5.75. The first-order valence-corrected chi connectivity index (χ1v) is 7.34. The van der Waals surface area contributed by atoms with Crippen molar-refractivity contribution >= 4 is 0 Å². The number of rotatable bonds is 5. The molecule has 0 amide bonds. The lowest BCUT2D eigenvalue weighted by atomic mass is 9.78. The van der Waals surface area contributed by atoms with E-state index in [1.807, 2.05) is 0 Å². The summed E-state index contributed by atoms with van der Waals surface area (Å²) in [6.45, 7) is 4.57. The Labute approximate surface area is 110 Å². The number of allylic oxidation sites excluding steroid dienone is 2. The summed E-state index contributed by atoms with van der Waals surface area (Å²) < 4.78 is 0. The average molecular weight is 241 g/mol. The van der Waals surface area contributed by atoms with Gasteiger partial charge in [-0.15, -0.1) is 0 Å². The van der Waals surface area contributed by atoms with Gasteiger partial charge in [0.2, 0.25) is 0 Å². The van der Waals surface area contributed by atoms with Gasteiger partial charge in [-0.05, 0) is 55.2 Å². The van der Waals surface area contributed by atoms with Crippen molar-refractivity contribution in [3.63, 3.8) is 0 Å². The van der Waals surface area contributed by atoms with Crippen molar-refractivity contribution in [1.82, 2.24) is 5.32 Å². The zero-order valence-electron chi connectivity index (χ0n) is 11.2. The third kappa shape index (κ3) is 2.12. The Morgan fingerprint density at radius 3 is 2.67 bits per heavy atom. The zero-order chi connectivity index (χ0) is 12.4. The van der Waals surface area contributed by atoms with E-state index in [1.54, 1.807) is 0 Å². The Balaban J connectivity index is 1.76. The van der Waals surface area contributed by atoms with E-state index in [0.717, 1.165) is 30.2 Å². The number of hydrogen-bond donors (Lipinski definition) is 1. The first-order valence-electron chi connectivity index (χ1n) is 7.34.